The van der Waals surface area contributed by atoms with Crippen LogP contribution in [0.15, 0.2) is 52.9 Å². The van der Waals surface area contributed by atoms with Gasteiger partial charge in [0.15, 0.2) is 10.1 Å². The number of anilines is 2. The minimum absolute atomic E-state index is 0.110. The summed E-state index contributed by atoms with van der Waals surface area (Å²) in [6, 6.07) is 16.0. The van der Waals surface area contributed by atoms with Crippen molar-refractivity contribution in [3.8, 4) is 0 Å². The molecule has 0 radical (unpaired) electrons. The molecule has 1 N–H and O–H groups in total. The van der Waals surface area contributed by atoms with E-state index in [2.05, 4.69) is 41.5 Å². The van der Waals surface area contributed by atoms with E-state index in [0.717, 1.165) is 32.7 Å². The quantitative estimate of drug-likeness (QED) is 0.369. The van der Waals surface area contributed by atoms with Crippen LogP contribution in [0.25, 0.3) is 0 Å². The van der Waals surface area contributed by atoms with E-state index in [9.17, 15) is 4.79 Å². The predicted molar refractivity (Wildman–Crippen MR) is 115 cm³/mol. The van der Waals surface area contributed by atoms with Crippen molar-refractivity contribution in [2.45, 2.75) is 37.4 Å². The standard InChI is InChI=1S/C21H23N3OS2/c1-4-14(2)16-9-11-17(12-10-16)19(25)13-26-21-24-23-20(27-21)22-18-8-6-5-7-15(18)3/h5-12,14H,4,13H2,1-3H3,(H,22,23)/t14-/m1/s1. The van der Waals surface area contributed by atoms with Crippen LogP contribution in [0.1, 0.15) is 47.7 Å². The number of hydrogen-bond acceptors (Lipinski definition) is 6. The summed E-state index contributed by atoms with van der Waals surface area (Å²) >= 11 is 2.89. The molecule has 4 nitrogen and oxygen atoms in total. The minimum atomic E-state index is 0.110. The number of benzene rings is 2. The Kier molecular flexibility index (Phi) is 6.63. The molecule has 0 fully saturated rings. The number of carbonyl (C=O) groups is 1. The fourth-order valence-corrected chi connectivity index (χ4v) is 4.25. The van der Waals surface area contributed by atoms with Crippen molar-refractivity contribution in [2.24, 2.45) is 0 Å². The number of carbonyl (C=O) groups excluding carboxylic acids is 1. The first-order chi connectivity index (χ1) is 13.1. The molecule has 0 amide bonds. The van der Waals surface area contributed by atoms with Crippen LogP contribution in [0.2, 0.25) is 0 Å². The topological polar surface area (TPSA) is 54.9 Å². The van der Waals surface area contributed by atoms with Gasteiger partial charge in [-0.25, -0.2) is 0 Å². The van der Waals surface area contributed by atoms with Gasteiger partial charge in [0.1, 0.15) is 0 Å². The first-order valence-electron chi connectivity index (χ1n) is 8.99. The second-order valence-corrected chi connectivity index (χ2v) is 8.66. The van der Waals surface area contributed by atoms with Crippen LogP contribution < -0.4 is 5.32 Å². The maximum atomic E-state index is 12.4. The van der Waals surface area contributed by atoms with Crippen LogP contribution in [0.5, 0.6) is 0 Å². The normalized spacial score (nSPS) is 12.0. The number of nitrogens with one attached hydrogen (secondary N) is 1. The van der Waals surface area contributed by atoms with Gasteiger partial charge in [0, 0.05) is 11.3 Å². The molecule has 0 bridgehead atoms. The summed E-state index contributed by atoms with van der Waals surface area (Å²) in [6.45, 7) is 6.42. The van der Waals surface area contributed by atoms with E-state index in [1.165, 1.54) is 28.7 Å². The first kappa shape index (κ1) is 19.6. The summed E-state index contributed by atoms with van der Waals surface area (Å²) in [5.41, 5.74) is 4.19. The number of Topliss-reactive ketones (excluding diaryl/α,β-unsaturated/α-hetero) is 1. The summed E-state index contributed by atoms with van der Waals surface area (Å²) < 4.78 is 0.788. The number of hydrogen-bond donors (Lipinski definition) is 1. The van der Waals surface area contributed by atoms with E-state index >= 15 is 0 Å². The zero-order valence-corrected chi connectivity index (χ0v) is 17.4. The highest BCUT2D eigenvalue weighted by Gasteiger charge is 2.11. The Labute approximate surface area is 168 Å². The van der Waals surface area contributed by atoms with E-state index in [1.807, 2.05) is 43.3 Å². The van der Waals surface area contributed by atoms with Crippen molar-refractivity contribution in [1.82, 2.24) is 10.2 Å². The molecule has 0 aliphatic carbocycles. The van der Waals surface area contributed by atoms with Crippen molar-refractivity contribution in [2.75, 3.05) is 11.1 Å². The molecule has 2 aromatic carbocycles. The molecule has 0 aliphatic rings. The van der Waals surface area contributed by atoms with Crippen molar-refractivity contribution >= 4 is 39.7 Å². The van der Waals surface area contributed by atoms with Gasteiger partial charge < -0.3 is 5.32 Å². The zero-order valence-electron chi connectivity index (χ0n) is 15.7. The monoisotopic (exact) mass is 397 g/mol. The number of aryl methyl sites for hydroxylation is 1. The first-order valence-corrected chi connectivity index (χ1v) is 10.8. The SMILES string of the molecule is CC[C@@H](C)c1ccc(C(=O)CSc2nnc(Nc3ccccc3C)s2)cc1. The molecule has 140 valence electrons. The summed E-state index contributed by atoms with van der Waals surface area (Å²) in [7, 11) is 0. The zero-order chi connectivity index (χ0) is 19.2. The lowest BCUT2D eigenvalue weighted by Crippen LogP contribution is -2.02. The lowest BCUT2D eigenvalue weighted by molar-refractivity contribution is 0.102. The molecule has 6 heteroatoms. The van der Waals surface area contributed by atoms with Crippen LogP contribution >= 0.6 is 23.1 Å². The van der Waals surface area contributed by atoms with Gasteiger partial charge in [-0.1, -0.05) is 79.4 Å². The average molecular weight is 398 g/mol. The number of nitrogens with zero attached hydrogens (tertiary/aromatic N) is 2. The van der Waals surface area contributed by atoms with E-state index < -0.39 is 0 Å². The highest BCUT2D eigenvalue weighted by molar-refractivity contribution is 8.01. The molecule has 1 atom stereocenters. The molecular formula is C21H23N3OS2. The lowest BCUT2D eigenvalue weighted by Gasteiger charge is -2.09. The van der Waals surface area contributed by atoms with Gasteiger partial charge in [0.05, 0.1) is 5.75 Å². The number of para-hydroxylation sites is 1. The van der Waals surface area contributed by atoms with Crippen molar-refractivity contribution in [3.05, 3.63) is 65.2 Å². The molecular weight excluding hydrogens is 374 g/mol. The Hall–Kier alpha value is -2.18. The van der Waals surface area contributed by atoms with E-state index in [4.69, 9.17) is 0 Å². The van der Waals surface area contributed by atoms with Gasteiger partial charge in [-0.2, -0.15) is 0 Å². The largest absolute Gasteiger partial charge is 0.330 e. The Morgan fingerprint density at radius 2 is 1.89 bits per heavy atom. The van der Waals surface area contributed by atoms with Crippen LogP contribution in [-0.2, 0) is 0 Å². The van der Waals surface area contributed by atoms with Gasteiger partial charge in [0.25, 0.3) is 0 Å². The molecule has 0 saturated carbocycles. The van der Waals surface area contributed by atoms with Crippen LogP contribution in [0.4, 0.5) is 10.8 Å². The third-order valence-electron chi connectivity index (χ3n) is 4.53. The maximum absolute atomic E-state index is 12.4. The predicted octanol–water partition coefficient (Wildman–Crippen LogP) is 6.08. The van der Waals surface area contributed by atoms with Gasteiger partial charge in [0.2, 0.25) is 5.13 Å². The molecule has 3 rings (SSSR count). The fourth-order valence-electron chi connectivity index (χ4n) is 2.59. The molecule has 27 heavy (non-hydrogen) atoms. The molecule has 1 heterocycles. The fraction of sp³-hybridized carbons (Fsp3) is 0.286. The molecule has 0 spiro atoms. The number of thioether (sulfide) groups is 1. The molecule has 0 unspecified atom stereocenters. The number of aromatic nitrogens is 2. The Morgan fingerprint density at radius 3 is 2.59 bits per heavy atom. The Balaban J connectivity index is 1.56. The Morgan fingerprint density at radius 1 is 1.15 bits per heavy atom. The highest BCUT2D eigenvalue weighted by atomic mass is 32.2. The van der Waals surface area contributed by atoms with Crippen LogP contribution in [0, 0.1) is 6.92 Å². The number of rotatable bonds is 8. The molecule has 3 aromatic rings. The van der Waals surface area contributed by atoms with E-state index in [1.54, 1.807) is 0 Å². The maximum Gasteiger partial charge on any atom is 0.210 e. The number of ketones is 1. The van der Waals surface area contributed by atoms with Gasteiger partial charge in [-0.05, 0) is 36.5 Å². The second kappa shape index (κ2) is 9.15. The summed E-state index contributed by atoms with van der Waals surface area (Å²) in [4.78, 5) is 12.4. The third kappa shape index (κ3) is 5.17. The van der Waals surface area contributed by atoms with E-state index in [0.29, 0.717) is 11.7 Å². The molecule has 0 saturated heterocycles. The molecule has 0 aliphatic heterocycles. The van der Waals surface area contributed by atoms with Crippen molar-refractivity contribution in [3.63, 3.8) is 0 Å². The van der Waals surface area contributed by atoms with Gasteiger partial charge >= 0.3 is 0 Å². The third-order valence-corrected chi connectivity index (χ3v) is 6.51. The average Bonchev–Trinajstić information content (AvgIpc) is 3.15. The van der Waals surface area contributed by atoms with Crippen molar-refractivity contribution in [1.29, 1.82) is 0 Å². The van der Waals surface area contributed by atoms with Crippen LogP contribution in [-0.4, -0.2) is 21.7 Å². The summed E-state index contributed by atoms with van der Waals surface area (Å²) in [5, 5.41) is 12.4. The summed E-state index contributed by atoms with van der Waals surface area (Å²) in [5.74, 6) is 0.991. The van der Waals surface area contributed by atoms with E-state index in [-0.39, 0.29) is 5.78 Å². The minimum Gasteiger partial charge on any atom is -0.330 e. The molecule has 1 aromatic heterocycles. The summed E-state index contributed by atoms with van der Waals surface area (Å²) in [6.07, 6.45) is 1.10. The van der Waals surface area contributed by atoms with Crippen molar-refractivity contribution < 1.29 is 4.79 Å². The van der Waals surface area contributed by atoms with Crippen LogP contribution in [0.3, 0.4) is 0 Å². The Bertz CT molecular complexity index is 906. The van der Waals surface area contributed by atoms with Gasteiger partial charge in [-0.3, -0.25) is 4.79 Å². The lowest BCUT2D eigenvalue weighted by atomic mass is 9.97. The highest BCUT2D eigenvalue weighted by Crippen LogP contribution is 2.29. The van der Waals surface area contributed by atoms with Gasteiger partial charge in [-0.15, -0.1) is 10.2 Å². The smallest absolute Gasteiger partial charge is 0.210 e. The second-order valence-electron chi connectivity index (χ2n) is 6.46.